The van der Waals surface area contributed by atoms with Crippen LogP contribution in [0, 0.1) is 20.2 Å². The zero-order valence-corrected chi connectivity index (χ0v) is 19.4. The number of thiocarbonyl (C=S) groups is 1. The maximum absolute atomic E-state index is 12.6. The van der Waals surface area contributed by atoms with E-state index in [-0.39, 0.29) is 34.4 Å². The molecule has 3 rings (SSSR count). The zero-order valence-electron chi connectivity index (χ0n) is 18.6. The number of nitrogens with one attached hydrogen (secondary N) is 1. The smallest absolute Gasteiger partial charge is 0.311 e. The Morgan fingerprint density at radius 1 is 1.06 bits per heavy atom. The first kappa shape index (κ1) is 24.6. The normalized spacial score (nSPS) is 13.2. The van der Waals surface area contributed by atoms with Gasteiger partial charge in [0.05, 0.1) is 29.6 Å². The van der Waals surface area contributed by atoms with Gasteiger partial charge >= 0.3 is 5.69 Å². The van der Waals surface area contributed by atoms with Gasteiger partial charge in [0.2, 0.25) is 0 Å². The first-order valence-corrected chi connectivity index (χ1v) is 10.7. The number of nitro groups is 2. The molecule has 0 spiro atoms. The second kappa shape index (κ2) is 10.7. The first-order chi connectivity index (χ1) is 16.2. The Bertz CT molecular complexity index is 1120. The number of carbonyl (C=O) groups excluding carboxylic acids is 1. The van der Waals surface area contributed by atoms with Crippen LogP contribution in [0.4, 0.5) is 17.1 Å². The van der Waals surface area contributed by atoms with Gasteiger partial charge in [0, 0.05) is 37.8 Å². The molecule has 12 nitrogen and oxygen atoms in total. The Morgan fingerprint density at radius 3 is 2.32 bits per heavy atom. The molecule has 0 aromatic heterocycles. The lowest BCUT2D eigenvalue weighted by Crippen LogP contribution is -2.52. The molecule has 34 heavy (non-hydrogen) atoms. The van der Waals surface area contributed by atoms with Gasteiger partial charge in [-0.3, -0.25) is 30.3 Å². The van der Waals surface area contributed by atoms with Gasteiger partial charge in [-0.05, 0) is 43.4 Å². The van der Waals surface area contributed by atoms with Crippen LogP contribution in [0.25, 0.3) is 0 Å². The molecule has 0 bridgehead atoms. The molecule has 0 radical (unpaired) electrons. The summed E-state index contributed by atoms with van der Waals surface area (Å²) in [6.45, 7) is 3.68. The molecule has 1 N–H and O–H groups in total. The van der Waals surface area contributed by atoms with Gasteiger partial charge < -0.3 is 19.3 Å². The van der Waals surface area contributed by atoms with Crippen LogP contribution in [-0.4, -0.2) is 65.7 Å². The van der Waals surface area contributed by atoms with E-state index in [1.165, 1.54) is 25.3 Å². The van der Waals surface area contributed by atoms with Crippen LogP contribution >= 0.6 is 12.2 Å². The van der Waals surface area contributed by atoms with E-state index in [4.69, 9.17) is 21.7 Å². The number of rotatable bonds is 7. The van der Waals surface area contributed by atoms with Crippen molar-refractivity contribution in [1.29, 1.82) is 0 Å². The van der Waals surface area contributed by atoms with Crippen molar-refractivity contribution >= 4 is 40.3 Å². The fourth-order valence-corrected chi connectivity index (χ4v) is 3.80. The van der Waals surface area contributed by atoms with Gasteiger partial charge in [0.25, 0.3) is 11.6 Å². The van der Waals surface area contributed by atoms with Gasteiger partial charge in [-0.2, -0.15) is 0 Å². The molecule has 1 fully saturated rings. The third-order valence-corrected chi connectivity index (χ3v) is 5.59. The van der Waals surface area contributed by atoms with Crippen LogP contribution in [-0.2, 0) is 0 Å². The maximum atomic E-state index is 12.6. The predicted molar refractivity (Wildman–Crippen MR) is 128 cm³/mol. The van der Waals surface area contributed by atoms with Crippen molar-refractivity contribution in [2.75, 3.05) is 44.8 Å². The van der Waals surface area contributed by atoms with Crippen molar-refractivity contribution in [1.82, 2.24) is 10.2 Å². The zero-order chi connectivity index (χ0) is 24.8. The fourth-order valence-electron chi connectivity index (χ4n) is 3.52. The summed E-state index contributed by atoms with van der Waals surface area (Å²) in [7, 11) is 1.44. The Balaban J connectivity index is 1.64. The highest BCUT2D eigenvalue weighted by Crippen LogP contribution is 2.32. The molecular formula is C21H23N5O7S. The lowest BCUT2D eigenvalue weighted by atomic mass is 10.1. The van der Waals surface area contributed by atoms with E-state index < -0.39 is 15.8 Å². The van der Waals surface area contributed by atoms with Gasteiger partial charge in [0.15, 0.2) is 10.9 Å². The number of hydrogen-bond donors (Lipinski definition) is 1. The van der Waals surface area contributed by atoms with E-state index >= 15 is 0 Å². The van der Waals surface area contributed by atoms with Crippen LogP contribution in [0.5, 0.6) is 11.5 Å². The van der Waals surface area contributed by atoms with Gasteiger partial charge in [-0.25, -0.2) is 0 Å². The molecule has 0 aliphatic carbocycles. The van der Waals surface area contributed by atoms with Crippen molar-refractivity contribution in [2.24, 2.45) is 0 Å². The van der Waals surface area contributed by atoms with Crippen LogP contribution in [0.3, 0.4) is 0 Å². The number of benzene rings is 2. The number of nitrogens with zero attached hydrogens (tertiary/aromatic N) is 4. The van der Waals surface area contributed by atoms with E-state index in [0.29, 0.717) is 37.6 Å². The molecule has 180 valence electrons. The molecule has 1 aliphatic rings. The lowest BCUT2D eigenvalue weighted by Gasteiger charge is -2.37. The topological polar surface area (TPSA) is 140 Å². The Morgan fingerprint density at radius 2 is 1.74 bits per heavy atom. The summed E-state index contributed by atoms with van der Waals surface area (Å²) in [5.74, 6) is -0.104. The maximum Gasteiger partial charge on any atom is 0.311 e. The molecular weight excluding hydrogens is 466 g/mol. The second-order valence-corrected chi connectivity index (χ2v) is 7.60. The molecule has 1 amide bonds. The van der Waals surface area contributed by atoms with Crippen molar-refractivity contribution in [2.45, 2.75) is 6.92 Å². The third kappa shape index (κ3) is 5.49. The SMILES string of the molecule is CCOc1ccc(C(=O)NC(=S)N2CCN(c3ccc(OC)cc3[N+](=O)[O-])CC2)cc1[N+](=O)[O-]. The Hall–Kier alpha value is -4.00. The standard InChI is InChI=1S/C21H23N5O7S/c1-3-33-19-7-4-14(12-18(19)26(30)31)20(27)22-21(34)24-10-8-23(9-11-24)16-6-5-15(32-2)13-17(16)25(28)29/h4-7,12-13H,3,8-11H2,1-2H3,(H,22,27,34). The number of hydrogen-bond acceptors (Lipinski definition) is 9. The highest BCUT2D eigenvalue weighted by Gasteiger charge is 2.26. The van der Waals surface area contributed by atoms with Crippen molar-refractivity contribution in [3.05, 3.63) is 62.2 Å². The van der Waals surface area contributed by atoms with Crippen molar-refractivity contribution in [3.63, 3.8) is 0 Å². The van der Waals surface area contributed by atoms with Crippen LogP contribution in [0.15, 0.2) is 36.4 Å². The number of anilines is 1. The van der Waals surface area contributed by atoms with Crippen molar-refractivity contribution < 1.29 is 24.1 Å². The van der Waals surface area contributed by atoms with E-state index in [1.54, 1.807) is 24.0 Å². The summed E-state index contributed by atoms with van der Waals surface area (Å²) >= 11 is 5.35. The minimum absolute atomic E-state index is 0.0548. The summed E-state index contributed by atoms with van der Waals surface area (Å²) in [5, 5.41) is 25.5. The number of amides is 1. The summed E-state index contributed by atoms with van der Waals surface area (Å²) in [6.07, 6.45) is 0. The third-order valence-electron chi connectivity index (χ3n) is 5.22. The number of piperazine rings is 1. The number of nitro benzene ring substituents is 2. The van der Waals surface area contributed by atoms with Crippen molar-refractivity contribution in [3.8, 4) is 11.5 Å². The summed E-state index contributed by atoms with van der Waals surface area (Å²) in [6, 6.07) is 8.63. The minimum Gasteiger partial charge on any atom is -0.496 e. The molecule has 1 heterocycles. The summed E-state index contributed by atoms with van der Waals surface area (Å²) < 4.78 is 10.3. The van der Waals surface area contributed by atoms with Gasteiger partial charge in [-0.1, -0.05) is 0 Å². The van der Waals surface area contributed by atoms with Gasteiger partial charge in [0.1, 0.15) is 11.4 Å². The highest BCUT2D eigenvalue weighted by atomic mass is 32.1. The van der Waals surface area contributed by atoms with Crippen LogP contribution in [0.2, 0.25) is 0 Å². The van der Waals surface area contributed by atoms with E-state index in [9.17, 15) is 25.0 Å². The molecule has 0 unspecified atom stereocenters. The molecule has 2 aromatic rings. The first-order valence-electron chi connectivity index (χ1n) is 10.3. The largest absolute Gasteiger partial charge is 0.496 e. The molecule has 2 aromatic carbocycles. The van der Waals surface area contributed by atoms with E-state index in [2.05, 4.69) is 5.32 Å². The fraction of sp³-hybridized carbons (Fsp3) is 0.333. The van der Waals surface area contributed by atoms with Gasteiger partial charge in [-0.15, -0.1) is 0 Å². The number of methoxy groups -OCH3 is 1. The average molecular weight is 490 g/mol. The monoisotopic (exact) mass is 489 g/mol. The molecule has 0 saturated carbocycles. The molecule has 1 aliphatic heterocycles. The number of carbonyl (C=O) groups is 1. The molecule has 1 saturated heterocycles. The van der Waals surface area contributed by atoms with Crippen LogP contribution in [0.1, 0.15) is 17.3 Å². The summed E-state index contributed by atoms with van der Waals surface area (Å²) in [4.78, 5) is 38.0. The van der Waals surface area contributed by atoms with E-state index in [1.807, 2.05) is 4.90 Å². The minimum atomic E-state index is -0.613. The Labute approximate surface area is 200 Å². The lowest BCUT2D eigenvalue weighted by molar-refractivity contribution is -0.385. The molecule has 13 heteroatoms. The highest BCUT2D eigenvalue weighted by molar-refractivity contribution is 7.80. The molecule has 0 atom stereocenters. The summed E-state index contributed by atoms with van der Waals surface area (Å²) in [5.41, 5.74) is 0.183. The second-order valence-electron chi connectivity index (χ2n) is 7.22. The Kier molecular flexibility index (Phi) is 7.79. The average Bonchev–Trinajstić information content (AvgIpc) is 2.83. The number of ether oxygens (including phenoxy) is 2. The predicted octanol–water partition coefficient (Wildman–Crippen LogP) is 2.75. The van der Waals surface area contributed by atoms with Crippen LogP contribution < -0.4 is 19.7 Å². The quantitative estimate of drug-likeness (QED) is 0.351. The van der Waals surface area contributed by atoms with E-state index in [0.717, 1.165) is 6.07 Å².